The van der Waals surface area contributed by atoms with E-state index < -0.39 is 30.0 Å². The van der Waals surface area contributed by atoms with Gasteiger partial charge in [-0.2, -0.15) is 13.2 Å². The van der Waals surface area contributed by atoms with Gasteiger partial charge in [-0.15, -0.1) is 0 Å². The quantitative estimate of drug-likeness (QED) is 0.771. The van der Waals surface area contributed by atoms with E-state index in [0.717, 1.165) is 23.8 Å². The molecular formula is C17H14ClF3N2O2. The zero-order valence-electron chi connectivity index (χ0n) is 13.1. The van der Waals surface area contributed by atoms with Crippen LogP contribution in [0.4, 0.5) is 24.5 Å². The lowest BCUT2D eigenvalue weighted by Crippen LogP contribution is -2.22. The first-order valence-electron chi connectivity index (χ1n) is 7.19. The zero-order chi connectivity index (χ0) is 18.6. The molecule has 0 bridgehead atoms. The van der Waals surface area contributed by atoms with E-state index in [9.17, 15) is 22.8 Å². The number of hydrogen-bond donors (Lipinski definition) is 2. The van der Waals surface area contributed by atoms with Gasteiger partial charge in [0.05, 0.1) is 16.3 Å². The van der Waals surface area contributed by atoms with E-state index in [1.54, 1.807) is 31.2 Å². The number of alkyl halides is 3. The van der Waals surface area contributed by atoms with Crippen LogP contribution in [0.15, 0.2) is 42.5 Å². The number of benzene rings is 2. The number of carbonyl (C=O) groups is 2. The molecule has 0 aromatic heterocycles. The highest BCUT2D eigenvalue weighted by Gasteiger charge is 2.31. The van der Waals surface area contributed by atoms with Crippen molar-refractivity contribution in [3.8, 4) is 0 Å². The van der Waals surface area contributed by atoms with Crippen LogP contribution in [-0.4, -0.2) is 11.8 Å². The van der Waals surface area contributed by atoms with Crippen LogP contribution in [0.25, 0.3) is 0 Å². The molecule has 0 spiro atoms. The summed E-state index contributed by atoms with van der Waals surface area (Å²) in [7, 11) is 0. The van der Waals surface area contributed by atoms with Crippen molar-refractivity contribution < 1.29 is 22.8 Å². The van der Waals surface area contributed by atoms with Gasteiger partial charge in [-0.05, 0) is 36.8 Å². The highest BCUT2D eigenvalue weighted by Crippen LogP contribution is 2.33. The molecule has 4 nitrogen and oxygen atoms in total. The molecule has 0 saturated carbocycles. The average Bonchev–Trinajstić information content (AvgIpc) is 2.50. The predicted molar refractivity (Wildman–Crippen MR) is 89.5 cm³/mol. The van der Waals surface area contributed by atoms with Gasteiger partial charge in [0.2, 0.25) is 11.8 Å². The highest BCUT2D eigenvalue weighted by molar-refractivity contribution is 6.33. The molecule has 0 atom stereocenters. The minimum absolute atomic E-state index is 0.0549. The molecule has 0 radical (unpaired) electrons. The van der Waals surface area contributed by atoms with Crippen LogP contribution < -0.4 is 10.6 Å². The summed E-state index contributed by atoms with van der Waals surface area (Å²) in [4.78, 5) is 23.8. The molecule has 0 unspecified atom stereocenters. The molecule has 132 valence electrons. The standard InChI is InChI=1S/C17H14ClF3N2O2/c1-10-4-2-3-5-13(10)22-15(24)9-16(25)23-14-8-11(17(19,20)21)6-7-12(14)18/h2-8H,9H2,1H3,(H,22,24)(H,23,25). The molecule has 25 heavy (non-hydrogen) atoms. The number of anilines is 2. The second kappa shape index (κ2) is 7.57. The van der Waals surface area contributed by atoms with E-state index in [1.165, 1.54) is 0 Å². The molecule has 2 rings (SSSR count). The Labute approximate surface area is 147 Å². The van der Waals surface area contributed by atoms with Gasteiger partial charge in [0.1, 0.15) is 6.42 Å². The molecule has 0 saturated heterocycles. The van der Waals surface area contributed by atoms with Crippen LogP contribution in [0.5, 0.6) is 0 Å². The summed E-state index contributed by atoms with van der Waals surface area (Å²) in [6.45, 7) is 1.79. The van der Waals surface area contributed by atoms with E-state index >= 15 is 0 Å². The van der Waals surface area contributed by atoms with Gasteiger partial charge in [-0.1, -0.05) is 29.8 Å². The van der Waals surface area contributed by atoms with Crippen molar-refractivity contribution in [3.05, 3.63) is 58.6 Å². The van der Waals surface area contributed by atoms with Gasteiger partial charge in [-0.3, -0.25) is 9.59 Å². The molecule has 0 heterocycles. The smallest absolute Gasteiger partial charge is 0.325 e. The molecule has 2 amide bonds. The minimum Gasteiger partial charge on any atom is -0.325 e. The molecule has 0 aliphatic heterocycles. The fourth-order valence-electron chi connectivity index (χ4n) is 2.05. The maximum absolute atomic E-state index is 12.7. The third kappa shape index (κ3) is 5.22. The van der Waals surface area contributed by atoms with Crippen molar-refractivity contribution in [1.29, 1.82) is 0 Å². The van der Waals surface area contributed by atoms with E-state index in [1.807, 2.05) is 0 Å². The Bertz CT molecular complexity index is 807. The lowest BCUT2D eigenvalue weighted by Gasteiger charge is -2.12. The number of nitrogens with one attached hydrogen (secondary N) is 2. The van der Waals surface area contributed by atoms with Gasteiger partial charge >= 0.3 is 6.18 Å². The van der Waals surface area contributed by atoms with E-state index in [4.69, 9.17) is 11.6 Å². The molecular weight excluding hydrogens is 357 g/mol. The molecule has 8 heteroatoms. The largest absolute Gasteiger partial charge is 0.416 e. The Balaban J connectivity index is 2.03. The van der Waals surface area contributed by atoms with Crippen molar-refractivity contribution in [2.75, 3.05) is 10.6 Å². The van der Waals surface area contributed by atoms with Crippen molar-refractivity contribution in [2.24, 2.45) is 0 Å². The maximum Gasteiger partial charge on any atom is 0.416 e. The molecule has 2 aromatic rings. The fraction of sp³-hybridized carbons (Fsp3) is 0.176. The van der Waals surface area contributed by atoms with Crippen LogP contribution in [0.3, 0.4) is 0 Å². The monoisotopic (exact) mass is 370 g/mol. The van der Waals surface area contributed by atoms with Gasteiger partial charge in [0, 0.05) is 5.69 Å². The Morgan fingerprint density at radius 3 is 2.20 bits per heavy atom. The van der Waals surface area contributed by atoms with Crippen LogP contribution in [0.1, 0.15) is 17.5 Å². The molecule has 2 aromatic carbocycles. The van der Waals surface area contributed by atoms with Crippen LogP contribution >= 0.6 is 11.6 Å². The Hall–Kier alpha value is -2.54. The van der Waals surface area contributed by atoms with Gasteiger partial charge < -0.3 is 10.6 Å². The summed E-state index contributed by atoms with van der Waals surface area (Å²) >= 11 is 5.79. The van der Waals surface area contributed by atoms with Gasteiger partial charge in [-0.25, -0.2) is 0 Å². The number of hydrogen-bond acceptors (Lipinski definition) is 2. The van der Waals surface area contributed by atoms with Crippen LogP contribution in [0.2, 0.25) is 5.02 Å². The maximum atomic E-state index is 12.7. The molecule has 0 fully saturated rings. The second-order valence-corrected chi connectivity index (χ2v) is 5.69. The summed E-state index contributed by atoms with van der Waals surface area (Å²) < 4.78 is 38.1. The number of para-hydroxylation sites is 1. The summed E-state index contributed by atoms with van der Waals surface area (Å²) in [6.07, 6.45) is -5.12. The van der Waals surface area contributed by atoms with Crippen LogP contribution in [0, 0.1) is 6.92 Å². The van der Waals surface area contributed by atoms with E-state index in [2.05, 4.69) is 10.6 Å². The fourth-order valence-corrected chi connectivity index (χ4v) is 2.21. The average molecular weight is 371 g/mol. The van der Waals surface area contributed by atoms with Gasteiger partial charge in [0.25, 0.3) is 0 Å². The number of rotatable bonds is 4. The lowest BCUT2D eigenvalue weighted by atomic mass is 10.2. The number of aryl methyl sites for hydroxylation is 1. The topological polar surface area (TPSA) is 58.2 Å². The molecule has 0 aliphatic rings. The highest BCUT2D eigenvalue weighted by atomic mass is 35.5. The number of carbonyl (C=O) groups excluding carboxylic acids is 2. The number of amides is 2. The molecule has 2 N–H and O–H groups in total. The Morgan fingerprint density at radius 1 is 1.00 bits per heavy atom. The first-order chi connectivity index (χ1) is 11.7. The summed E-state index contributed by atoms with van der Waals surface area (Å²) in [6, 6.07) is 9.56. The van der Waals surface area contributed by atoms with E-state index in [-0.39, 0.29) is 10.7 Å². The second-order valence-electron chi connectivity index (χ2n) is 5.28. The Kier molecular flexibility index (Phi) is 5.69. The minimum atomic E-state index is -4.56. The van der Waals surface area contributed by atoms with Crippen molar-refractivity contribution >= 4 is 34.8 Å². The summed E-state index contributed by atoms with van der Waals surface area (Å²) in [5.41, 5.74) is 0.219. The Morgan fingerprint density at radius 2 is 1.60 bits per heavy atom. The predicted octanol–water partition coefficient (Wildman–Crippen LogP) is 4.63. The third-order valence-corrected chi connectivity index (χ3v) is 3.64. The van der Waals surface area contributed by atoms with Crippen molar-refractivity contribution in [2.45, 2.75) is 19.5 Å². The van der Waals surface area contributed by atoms with Crippen molar-refractivity contribution in [1.82, 2.24) is 0 Å². The van der Waals surface area contributed by atoms with Crippen LogP contribution in [-0.2, 0) is 15.8 Å². The first-order valence-corrected chi connectivity index (χ1v) is 7.56. The molecule has 0 aliphatic carbocycles. The first kappa shape index (κ1) is 18.8. The number of halogens is 4. The third-order valence-electron chi connectivity index (χ3n) is 3.31. The summed E-state index contributed by atoms with van der Waals surface area (Å²) in [5, 5.41) is 4.73. The van der Waals surface area contributed by atoms with Gasteiger partial charge in [0.15, 0.2) is 0 Å². The normalized spacial score (nSPS) is 11.1. The van der Waals surface area contributed by atoms with Crippen molar-refractivity contribution in [3.63, 3.8) is 0 Å². The zero-order valence-corrected chi connectivity index (χ0v) is 13.8. The SMILES string of the molecule is Cc1ccccc1NC(=O)CC(=O)Nc1cc(C(F)(F)F)ccc1Cl. The summed E-state index contributed by atoms with van der Waals surface area (Å²) in [5.74, 6) is -1.36. The lowest BCUT2D eigenvalue weighted by molar-refractivity contribution is -0.137. The van der Waals surface area contributed by atoms with E-state index in [0.29, 0.717) is 5.69 Å².